The van der Waals surface area contributed by atoms with Crippen molar-refractivity contribution >= 4 is 17.7 Å². The van der Waals surface area contributed by atoms with Gasteiger partial charge in [0.2, 0.25) is 0 Å². The summed E-state index contributed by atoms with van der Waals surface area (Å²) in [6, 6.07) is 15.2. The molecule has 0 saturated carbocycles. The zero-order valence-corrected chi connectivity index (χ0v) is 15.9. The number of nitrogens with zero attached hydrogens (tertiary/aromatic N) is 1. The Hall–Kier alpha value is -2.82. The Morgan fingerprint density at radius 2 is 1.70 bits per heavy atom. The molecule has 2 aromatic rings. The molecular formula is C22H26N2O3. The molecule has 0 spiro atoms. The minimum absolute atomic E-state index is 0.0856. The number of esters is 1. The lowest BCUT2D eigenvalue weighted by Crippen LogP contribution is -2.38. The Labute approximate surface area is 160 Å². The van der Waals surface area contributed by atoms with Gasteiger partial charge in [-0.25, -0.2) is 9.59 Å². The summed E-state index contributed by atoms with van der Waals surface area (Å²) in [5.74, 6) is -0.389. The predicted molar refractivity (Wildman–Crippen MR) is 106 cm³/mol. The molecule has 0 aliphatic carbocycles. The summed E-state index contributed by atoms with van der Waals surface area (Å²) < 4.78 is 4.70. The van der Waals surface area contributed by atoms with Crippen LogP contribution < -0.4 is 5.32 Å². The Balaban J connectivity index is 1.75. The van der Waals surface area contributed by atoms with Crippen LogP contribution in [-0.2, 0) is 4.74 Å². The number of nitrogens with one attached hydrogen (secondary N) is 1. The van der Waals surface area contributed by atoms with Crippen molar-refractivity contribution in [3.63, 3.8) is 0 Å². The van der Waals surface area contributed by atoms with Crippen LogP contribution in [0.4, 0.5) is 10.5 Å². The second kappa shape index (κ2) is 8.71. The second-order valence-corrected chi connectivity index (χ2v) is 6.97. The fourth-order valence-electron chi connectivity index (χ4n) is 3.49. The van der Waals surface area contributed by atoms with Gasteiger partial charge in [0.05, 0.1) is 18.7 Å². The Morgan fingerprint density at radius 3 is 2.37 bits per heavy atom. The van der Waals surface area contributed by atoms with Crippen molar-refractivity contribution in [3.05, 3.63) is 65.2 Å². The van der Waals surface area contributed by atoms with Crippen molar-refractivity contribution in [1.29, 1.82) is 0 Å². The molecular weight excluding hydrogens is 340 g/mol. The van der Waals surface area contributed by atoms with E-state index < -0.39 is 0 Å². The van der Waals surface area contributed by atoms with Crippen LogP contribution in [0.15, 0.2) is 48.5 Å². The number of carbonyl (C=O) groups is 2. The van der Waals surface area contributed by atoms with Crippen molar-refractivity contribution < 1.29 is 14.3 Å². The van der Waals surface area contributed by atoms with E-state index in [-0.39, 0.29) is 18.0 Å². The molecule has 1 aliphatic rings. The summed E-state index contributed by atoms with van der Waals surface area (Å²) in [5.41, 5.74) is 3.52. The molecule has 1 heterocycles. The second-order valence-electron chi connectivity index (χ2n) is 6.97. The molecule has 5 nitrogen and oxygen atoms in total. The number of anilines is 1. The minimum atomic E-state index is -0.389. The molecule has 142 valence electrons. The van der Waals surface area contributed by atoms with Gasteiger partial charge >= 0.3 is 12.0 Å². The average molecular weight is 366 g/mol. The number of carbonyl (C=O) groups excluding carboxylic acids is 2. The molecule has 1 fully saturated rings. The summed E-state index contributed by atoms with van der Waals surface area (Å²) in [6.07, 6.45) is 4.24. The number of urea groups is 1. The van der Waals surface area contributed by atoms with Crippen LogP contribution in [0.1, 0.15) is 53.2 Å². The first-order chi connectivity index (χ1) is 13.1. The third-order valence-corrected chi connectivity index (χ3v) is 5.03. The largest absolute Gasteiger partial charge is 0.465 e. The minimum Gasteiger partial charge on any atom is -0.465 e. The number of aryl methyl sites for hydroxylation is 1. The first-order valence-corrected chi connectivity index (χ1v) is 9.41. The first-order valence-electron chi connectivity index (χ1n) is 9.41. The summed E-state index contributed by atoms with van der Waals surface area (Å²) >= 11 is 0. The van der Waals surface area contributed by atoms with Gasteiger partial charge in [0.15, 0.2) is 0 Å². The van der Waals surface area contributed by atoms with Gasteiger partial charge in [-0.1, -0.05) is 42.7 Å². The van der Waals surface area contributed by atoms with Crippen LogP contribution in [0.25, 0.3) is 0 Å². The SMILES string of the molecule is COC(=O)c1ccc(NC(=O)N2CCCCCC2c2ccc(C)cc2)cc1. The van der Waals surface area contributed by atoms with Crippen LogP contribution >= 0.6 is 0 Å². The fraction of sp³-hybridized carbons (Fsp3) is 0.364. The van der Waals surface area contributed by atoms with E-state index in [0.717, 1.165) is 32.2 Å². The maximum Gasteiger partial charge on any atom is 0.337 e. The molecule has 1 atom stereocenters. The molecule has 2 aromatic carbocycles. The number of hydrogen-bond donors (Lipinski definition) is 1. The quantitative estimate of drug-likeness (QED) is 0.784. The standard InChI is InChI=1S/C22H26N2O3/c1-16-7-9-17(10-8-16)20-6-4-3-5-15-24(20)22(26)23-19-13-11-18(12-14-19)21(25)27-2/h7-14,20H,3-6,15H2,1-2H3,(H,23,26). The highest BCUT2D eigenvalue weighted by molar-refractivity contribution is 5.92. The zero-order valence-electron chi connectivity index (χ0n) is 15.9. The molecule has 1 aliphatic heterocycles. The molecule has 5 heteroatoms. The average Bonchev–Trinajstić information content (AvgIpc) is 2.95. The highest BCUT2D eigenvalue weighted by atomic mass is 16.5. The lowest BCUT2D eigenvalue weighted by atomic mass is 10.00. The molecule has 1 unspecified atom stereocenters. The van der Waals surface area contributed by atoms with Gasteiger partial charge in [-0.15, -0.1) is 0 Å². The molecule has 3 rings (SSSR count). The summed E-state index contributed by atoms with van der Waals surface area (Å²) in [5, 5.41) is 2.97. The van der Waals surface area contributed by atoms with Crippen LogP contribution in [0.5, 0.6) is 0 Å². The Morgan fingerprint density at radius 1 is 1.00 bits per heavy atom. The van der Waals surface area contributed by atoms with E-state index in [0.29, 0.717) is 11.3 Å². The molecule has 1 N–H and O–H groups in total. The van der Waals surface area contributed by atoms with Crippen molar-refractivity contribution in [2.45, 2.75) is 38.6 Å². The number of amides is 2. The molecule has 27 heavy (non-hydrogen) atoms. The molecule has 0 radical (unpaired) electrons. The topological polar surface area (TPSA) is 58.6 Å². The zero-order chi connectivity index (χ0) is 19.2. The Kier molecular flexibility index (Phi) is 6.12. The van der Waals surface area contributed by atoms with Crippen molar-refractivity contribution in [2.24, 2.45) is 0 Å². The van der Waals surface area contributed by atoms with E-state index in [4.69, 9.17) is 4.74 Å². The van der Waals surface area contributed by atoms with Crippen molar-refractivity contribution in [3.8, 4) is 0 Å². The van der Waals surface area contributed by atoms with E-state index >= 15 is 0 Å². The number of likely N-dealkylation sites (tertiary alicyclic amines) is 1. The van der Waals surface area contributed by atoms with Crippen LogP contribution in [0, 0.1) is 6.92 Å². The normalized spacial score (nSPS) is 17.1. The van der Waals surface area contributed by atoms with Gasteiger partial charge in [-0.2, -0.15) is 0 Å². The van der Waals surface area contributed by atoms with E-state index in [1.165, 1.54) is 18.2 Å². The summed E-state index contributed by atoms with van der Waals surface area (Å²) in [6.45, 7) is 2.81. The highest BCUT2D eigenvalue weighted by Crippen LogP contribution is 2.31. The smallest absolute Gasteiger partial charge is 0.337 e. The maximum absolute atomic E-state index is 13.0. The van der Waals surface area contributed by atoms with Crippen LogP contribution in [-0.4, -0.2) is 30.6 Å². The van der Waals surface area contributed by atoms with E-state index in [1.54, 1.807) is 24.3 Å². The third kappa shape index (κ3) is 4.67. The van der Waals surface area contributed by atoms with E-state index in [9.17, 15) is 9.59 Å². The lowest BCUT2D eigenvalue weighted by Gasteiger charge is -2.30. The maximum atomic E-state index is 13.0. The monoisotopic (exact) mass is 366 g/mol. The van der Waals surface area contributed by atoms with Gasteiger partial charge in [0.1, 0.15) is 0 Å². The van der Waals surface area contributed by atoms with Gasteiger partial charge in [0.25, 0.3) is 0 Å². The van der Waals surface area contributed by atoms with Gasteiger partial charge in [-0.05, 0) is 49.6 Å². The summed E-state index contributed by atoms with van der Waals surface area (Å²) in [4.78, 5) is 26.4. The number of benzene rings is 2. The number of methoxy groups -OCH3 is 1. The number of hydrogen-bond acceptors (Lipinski definition) is 3. The van der Waals surface area contributed by atoms with E-state index in [2.05, 4.69) is 36.5 Å². The third-order valence-electron chi connectivity index (χ3n) is 5.03. The van der Waals surface area contributed by atoms with Crippen molar-refractivity contribution in [2.75, 3.05) is 19.0 Å². The van der Waals surface area contributed by atoms with Crippen molar-refractivity contribution in [1.82, 2.24) is 4.90 Å². The van der Waals surface area contributed by atoms with Crippen LogP contribution in [0.3, 0.4) is 0 Å². The first kappa shape index (κ1) is 19.0. The molecule has 0 aromatic heterocycles. The fourth-order valence-corrected chi connectivity index (χ4v) is 3.49. The van der Waals surface area contributed by atoms with Gasteiger partial charge < -0.3 is 15.0 Å². The highest BCUT2D eigenvalue weighted by Gasteiger charge is 2.26. The van der Waals surface area contributed by atoms with E-state index in [1.807, 2.05) is 4.90 Å². The van der Waals surface area contributed by atoms with Gasteiger partial charge in [0, 0.05) is 12.2 Å². The summed E-state index contributed by atoms with van der Waals surface area (Å²) in [7, 11) is 1.35. The molecule has 2 amide bonds. The van der Waals surface area contributed by atoms with Gasteiger partial charge in [-0.3, -0.25) is 0 Å². The molecule has 0 bridgehead atoms. The number of ether oxygens (including phenoxy) is 1. The number of rotatable bonds is 3. The lowest BCUT2D eigenvalue weighted by molar-refractivity contribution is 0.0600. The van der Waals surface area contributed by atoms with Crippen LogP contribution in [0.2, 0.25) is 0 Å². The predicted octanol–water partition coefficient (Wildman–Crippen LogP) is 4.93. The Bertz CT molecular complexity index is 784. The molecule has 1 saturated heterocycles.